The quantitative estimate of drug-likeness (QED) is 0.775. The number of ether oxygens (including phenoxy) is 1. The molecule has 1 aliphatic carbocycles. The molecule has 0 saturated heterocycles. The fourth-order valence-corrected chi connectivity index (χ4v) is 1.68. The second kappa shape index (κ2) is 5.19. The number of primary amides is 1. The van der Waals surface area contributed by atoms with Gasteiger partial charge in [-0.05, 0) is 25.8 Å². The van der Waals surface area contributed by atoms with Gasteiger partial charge in [-0.15, -0.1) is 0 Å². The molecule has 4 nitrogen and oxygen atoms in total. The van der Waals surface area contributed by atoms with E-state index < -0.39 is 5.91 Å². The van der Waals surface area contributed by atoms with E-state index in [2.05, 4.69) is 11.4 Å². The summed E-state index contributed by atoms with van der Waals surface area (Å²) in [5, 5.41) is 3.43. The van der Waals surface area contributed by atoms with Crippen molar-refractivity contribution >= 4 is 5.91 Å². The number of nitrogens with two attached hydrogens (primary N) is 1. The Hall–Kier alpha value is -1.55. The zero-order chi connectivity index (χ0) is 12.3. The summed E-state index contributed by atoms with van der Waals surface area (Å²) in [6.45, 7) is 2.75. The van der Waals surface area contributed by atoms with Crippen LogP contribution in [0.5, 0.6) is 5.75 Å². The summed E-state index contributed by atoms with van der Waals surface area (Å²) in [6, 6.07) is 6.59. The fourth-order valence-electron chi connectivity index (χ4n) is 1.68. The number of benzene rings is 1. The number of nitrogens with one attached hydrogen (secondary N) is 1. The third kappa shape index (κ3) is 3.75. The molecular formula is C13H18N2O2. The van der Waals surface area contributed by atoms with Gasteiger partial charge in [0.15, 0.2) is 6.61 Å². The van der Waals surface area contributed by atoms with Crippen LogP contribution in [0, 0.1) is 6.92 Å². The molecule has 0 spiro atoms. The number of hydrogen-bond donors (Lipinski definition) is 2. The lowest BCUT2D eigenvalue weighted by molar-refractivity contribution is -0.119. The van der Waals surface area contributed by atoms with Crippen LogP contribution in [0.15, 0.2) is 18.2 Å². The molecule has 0 radical (unpaired) electrons. The maximum atomic E-state index is 10.7. The third-order valence-electron chi connectivity index (χ3n) is 2.74. The van der Waals surface area contributed by atoms with Crippen LogP contribution in [0.4, 0.5) is 0 Å². The number of carbonyl (C=O) groups is 1. The molecular weight excluding hydrogens is 216 g/mol. The largest absolute Gasteiger partial charge is 0.483 e. The Kier molecular flexibility index (Phi) is 3.64. The van der Waals surface area contributed by atoms with Crippen LogP contribution in [0.3, 0.4) is 0 Å². The highest BCUT2D eigenvalue weighted by Crippen LogP contribution is 2.23. The van der Waals surface area contributed by atoms with E-state index in [0.717, 1.165) is 17.9 Å². The first-order valence-electron chi connectivity index (χ1n) is 5.89. The van der Waals surface area contributed by atoms with Crippen molar-refractivity contribution in [3.63, 3.8) is 0 Å². The number of carbonyl (C=O) groups excluding carboxylic acids is 1. The average Bonchev–Trinajstić information content (AvgIpc) is 3.08. The predicted molar refractivity (Wildman–Crippen MR) is 65.7 cm³/mol. The van der Waals surface area contributed by atoms with Crippen LogP contribution >= 0.6 is 0 Å². The lowest BCUT2D eigenvalue weighted by Gasteiger charge is -2.11. The second-order valence-corrected chi connectivity index (χ2v) is 4.52. The third-order valence-corrected chi connectivity index (χ3v) is 2.74. The summed E-state index contributed by atoms with van der Waals surface area (Å²) in [6.07, 6.45) is 2.51. The Morgan fingerprint density at radius 2 is 2.29 bits per heavy atom. The van der Waals surface area contributed by atoms with E-state index in [0.29, 0.717) is 6.04 Å². The van der Waals surface area contributed by atoms with Gasteiger partial charge in [0.25, 0.3) is 5.91 Å². The molecule has 0 bridgehead atoms. The van der Waals surface area contributed by atoms with Crippen molar-refractivity contribution in [3.05, 3.63) is 29.3 Å². The summed E-state index contributed by atoms with van der Waals surface area (Å²) < 4.78 is 5.39. The van der Waals surface area contributed by atoms with E-state index in [1.54, 1.807) is 0 Å². The average molecular weight is 234 g/mol. The van der Waals surface area contributed by atoms with Crippen LogP contribution in [0.25, 0.3) is 0 Å². The van der Waals surface area contributed by atoms with Crippen molar-refractivity contribution in [2.75, 3.05) is 6.61 Å². The molecule has 1 saturated carbocycles. The molecule has 0 unspecified atom stereocenters. The first-order valence-corrected chi connectivity index (χ1v) is 5.89. The van der Waals surface area contributed by atoms with Gasteiger partial charge in [-0.1, -0.05) is 17.7 Å². The lowest BCUT2D eigenvalue weighted by Crippen LogP contribution is -2.21. The first kappa shape index (κ1) is 11.9. The zero-order valence-corrected chi connectivity index (χ0v) is 10.0. The summed E-state index contributed by atoms with van der Waals surface area (Å²) in [4.78, 5) is 10.7. The van der Waals surface area contributed by atoms with Gasteiger partial charge in [0.05, 0.1) is 0 Å². The molecule has 1 fully saturated rings. The highest BCUT2D eigenvalue weighted by Gasteiger charge is 2.20. The molecule has 3 N–H and O–H groups in total. The van der Waals surface area contributed by atoms with E-state index in [1.165, 1.54) is 18.4 Å². The second-order valence-electron chi connectivity index (χ2n) is 4.52. The molecule has 4 heteroatoms. The fraction of sp³-hybridized carbons (Fsp3) is 0.462. The predicted octanol–water partition coefficient (Wildman–Crippen LogP) is 1.11. The SMILES string of the molecule is Cc1ccc(OCC(N)=O)c(CNC2CC2)c1. The minimum atomic E-state index is -0.452. The molecule has 1 aliphatic rings. The van der Waals surface area contributed by atoms with Gasteiger partial charge >= 0.3 is 0 Å². The van der Waals surface area contributed by atoms with Crippen molar-refractivity contribution < 1.29 is 9.53 Å². The number of aryl methyl sites for hydroxylation is 1. The van der Waals surface area contributed by atoms with Crippen molar-refractivity contribution in [1.82, 2.24) is 5.32 Å². The maximum absolute atomic E-state index is 10.7. The highest BCUT2D eigenvalue weighted by atomic mass is 16.5. The first-order chi connectivity index (χ1) is 8.15. The normalized spacial score (nSPS) is 14.6. The molecule has 0 aliphatic heterocycles. The zero-order valence-electron chi connectivity index (χ0n) is 10.0. The summed E-state index contributed by atoms with van der Waals surface area (Å²) in [5.74, 6) is 0.286. The van der Waals surface area contributed by atoms with E-state index in [-0.39, 0.29) is 6.61 Å². The van der Waals surface area contributed by atoms with Gasteiger partial charge in [-0.2, -0.15) is 0 Å². The van der Waals surface area contributed by atoms with Gasteiger partial charge in [0.1, 0.15) is 5.75 Å². The van der Waals surface area contributed by atoms with Crippen LogP contribution in [0.1, 0.15) is 24.0 Å². The highest BCUT2D eigenvalue weighted by molar-refractivity contribution is 5.75. The van der Waals surface area contributed by atoms with Crippen molar-refractivity contribution in [2.45, 2.75) is 32.4 Å². The van der Waals surface area contributed by atoms with Crippen molar-refractivity contribution in [2.24, 2.45) is 5.73 Å². The molecule has 1 aromatic carbocycles. The molecule has 1 aromatic rings. The van der Waals surface area contributed by atoms with Crippen molar-refractivity contribution in [1.29, 1.82) is 0 Å². The Morgan fingerprint density at radius 1 is 1.53 bits per heavy atom. The van der Waals surface area contributed by atoms with Crippen molar-refractivity contribution in [3.8, 4) is 5.75 Å². The topological polar surface area (TPSA) is 64.3 Å². The standard InChI is InChI=1S/C13H18N2O2/c1-9-2-5-12(17-8-13(14)16)10(6-9)7-15-11-3-4-11/h2,5-6,11,15H,3-4,7-8H2,1H3,(H2,14,16). The number of hydrogen-bond acceptors (Lipinski definition) is 3. The maximum Gasteiger partial charge on any atom is 0.255 e. The molecule has 0 heterocycles. The van der Waals surface area contributed by atoms with Gasteiger partial charge in [-0.3, -0.25) is 4.79 Å². The molecule has 1 amide bonds. The monoisotopic (exact) mass is 234 g/mol. The van der Waals surface area contributed by atoms with Gasteiger partial charge in [0, 0.05) is 18.2 Å². The Balaban J connectivity index is 2.02. The smallest absolute Gasteiger partial charge is 0.255 e. The Labute approximate surface area is 101 Å². The minimum absolute atomic E-state index is 0.0700. The number of rotatable bonds is 6. The number of amides is 1. The Morgan fingerprint density at radius 3 is 2.94 bits per heavy atom. The van der Waals surface area contributed by atoms with E-state index in [1.807, 2.05) is 19.1 Å². The van der Waals surface area contributed by atoms with E-state index >= 15 is 0 Å². The molecule has 2 rings (SSSR count). The Bertz CT molecular complexity index is 414. The van der Waals surface area contributed by atoms with Crippen LogP contribution in [-0.4, -0.2) is 18.6 Å². The van der Waals surface area contributed by atoms with E-state index in [9.17, 15) is 4.79 Å². The lowest BCUT2D eigenvalue weighted by atomic mass is 10.1. The molecule has 92 valence electrons. The summed E-state index contributed by atoms with van der Waals surface area (Å²) in [5.41, 5.74) is 7.34. The van der Waals surface area contributed by atoms with Crippen LogP contribution in [0.2, 0.25) is 0 Å². The van der Waals surface area contributed by atoms with Crippen LogP contribution in [-0.2, 0) is 11.3 Å². The summed E-state index contributed by atoms with van der Waals surface area (Å²) in [7, 11) is 0. The van der Waals surface area contributed by atoms with E-state index in [4.69, 9.17) is 10.5 Å². The molecule has 0 aromatic heterocycles. The molecule has 17 heavy (non-hydrogen) atoms. The van der Waals surface area contributed by atoms with Crippen LogP contribution < -0.4 is 15.8 Å². The van der Waals surface area contributed by atoms with Gasteiger partial charge < -0.3 is 15.8 Å². The minimum Gasteiger partial charge on any atom is -0.483 e. The van der Waals surface area contributed by atoms with Gasteiger partial charge in [-0.25, -0.2) is 0 Å². The van der Waals surface area contributed by atoms with Gasteiger partial charge in [0.2, 0.25) is 0 Å². The molecule has 0 atom stereocenters. The summed E-state index contributed by atoms with van der Waals surface area (Å²) >= 11 is 0.